The lowest BCUT2D eigenvalue weighted by molar-refractivity contribution is -0.117. The van der Waals surface area contributed by atoms with Crippen molar-refractivity contribution in [1.82, 2.24) is 15.3 Å². The van der Waals surface area contributed by atoms with Crippen molar-refractivity contribution in [2.24, 2.45) is 0 Å². The number of hydrogen-bond acceptors (Lipinski definition) is 6. The molecule has 27 heavy (non-hydrogen) atoms. The summed E-state index contributed by atoms with van der Waals surface area (Å²) in [5, 5.41) is 5.98. The van der Waals surface area contributed by atoms with Crippen LogP contribution in [0.25, 0.3) is 11.1 Å². The van der Waals surface area contributed by atoms with Gasteiger partial charge < -0.3 is 15.4 Å². The number of nitrogens with zero attached hydrogens (tertiary/aromatic N) is 2. The molecule has 1 atom stereocenters. The molecule has 1 aliphatic rings. The fourth-order valence-electron chi connectivity index (χ4n) is 2.78. The first-order chi connectivity index (χ1) is 12.8. The van der Waals surface area contributed by atoms with Crippen molar-refractivity contribution in [1.29, 1.82) is 0 Å². The van der Waals surface area contributed by atoms with Crippen LogP contribution in [0, 0.1) is 0 Å². The van der Waals surface area contributed by atoms with Crippen LogP contribution in [-0.2, 0) is 9.53 Å². The number of esters is 1. The summed E-state index contributed by atoms with van der Waals surface area (Å²) in [6, 6.07) is 6.89. The summed E-state index contributed by atoms with van der Waals surface area (Å²) >= 11 is 0. The van der Waals surface area contributed by atoms with Gasteiger partial charge in [0.05, 0.1) is 6.04 Å². The predicted octanol–water partition coefficient (Wildman–Crippen LogP) is 2.79. The molecule has 142 valence electrons. The molecule has 1 amide bonds. The van der Waals surface area contributed by atoms with E-state index in [-0.39, 0.29) is 17.6 Å². The van der Waals surface area contributed by atoms with Crippen molar-refractivity contribution in [3.8, 4) is 11.1 Å². The molecule has 2 aromatic heterocycles. The van der Waals surface area contributed by atoms with Crippen molar-refractivity contribution in [3.63, 3.8) is 0 Å². The van der Waals surface area contributed by atoms with E-state index in [0.717, 1.165) is 30.5 Å². The van der Waals surface area contributed by atoms with E-state index >= 15 is 0 Å². The number of nitrogens with one attached hydrogen (secondary N) is 2. The maximum atomic E-state index is 12.1. The Morgan fingerprint density at radius 3 is 2.33 bits per heavy atom. The van der Waals surface area contributed by atoms with E-state index in [1.165, 1.54) is 0 Å². The van der Waals surface area contributed by atoms with Crippen LogP contribution in [-0.4, -0.2) is 40.0 Å². The summed E-state index contributed by atoms with van der Waals surface area (Å²) < 4.78 is 5.31. The van der Waals surface area contributed by atoms with E-state index in [9.17, 15) is 9.59 Å². The fourth-order valence-corrected chi connectivity index (χ4v) is 2.78. The van der Waals surface area contributed by atoms with Gasteiger partial charge in [-0.3, -0.25) is 4.79 Å². The van der Waals surface area contributed by atoms with Crippen LogP contribution in [0.1, 0.15) is 44.1 Å². The minimum absolute atomic E-state index is 0.0591. The predicted molar refractivity (Wildman–Crippen MR) is 102 cm³/mol. The Labute approximate surface area is 158 Å². The molecule has 0 radical (unpaired) electrons. The monoisotopic (exact) mass is 368 g/mol. The summed E-state index contributed by atoms with van der Waals surface area (Å²) in [4.78, 5) is 32.6. The first-order valence-corrected chi connectivity index (χ1v) is 9.02. The minimum atomic E-state index is -0.560. The van der Waals surface area contributed by atoms with E-state index < -0.39 is 11.6 Å². The van der Waals surface area contributed by atoms with Gasteiger partial charge in [0.25, 0.3) is 0 Å². The van der Waals surface area contributed by atoms with Crippen molar-refractivity contribution < 1.29 is 14.3 Å². The first kappa shape index (κ1) is 19.0. The molecule has 7 heteroatoms. The molecule has 0 unspecified atom stereocenters. The quantitative estimate of drug-likeness (QED) is 0.806. The standard InChI is InChI=1S/C20H24N4O3/c1-20(2,3)27-19(26)16-8-6-13(11-22-16)14-7-9-17(23-12-14)24-18(25)15-5-4-10-21-15/h6-9,11-12,15,21H,4-5,10H2,1-3H3,(H,23,24,25)/t15-/m1/s1. The Hall–Kier alpha value is -2.80. The molecule has 0 saturated carbocycles. The highest BCUT2D eigenvalue weighted by atomic mass is 16.6. The van der Waals surface area contributed by atoms with Gasteiger partial charge in [0.15, 0.2) is 0 Å². The Morgan fingerprint density at radius 2 is 1.81 bits per heavy atom. The fraction of sp³-hybridized carbons (Fsp3) is 0.400. The lowest BCUT2D eigenvalue weighted by Crippen LogP contribution is -2.35. The zero-order valence-electron chi connectivity index (χ0n) is 15.8. The second-order valence-corrected chi connectivity index (χ2v) is 7.50. The van der Waals surface area contributed by atoms with Crippen molar-refractivity contribution in [3.05, 3.63) is 42.4 Å². The third-order valence-electron chi connectivity index (χ3n) is 4.10. The Bertz CT molecular complexity index is 805. The van der Waals surface area contributed by atoms with Crippen molar-refractivity contribution >= 4 is 17.7 Å². The van der Waals surface area contributed by atoms with Crippen LogP contribution in [0.3, 0.4) is 0 Å². The third-order valence-corrected chi connectivity index (χ3v) is 4.10. The Kier molecular flexibility index (Phi) is 5.51. The van der Waals surface area contributed by atoms with Crippen LogP contribution in [0.15, 0.2) is 36.7 Å². The van der Waals surface area contributed by atoms with Gasteiger partial charge in [-0.2, -0.15) is 0 Å². The number of carbonyl (C=O) groups excluding carboxylic acids is 2. The van der Waals surface area contributed by atoms with Crippen LogP contribution < -0.4 is 10.6 Å². The van der Waals surface area contributed by atoms with E-state index in [0.29, 0.717) is 5.82 Å². The molecule has 2 aromatic rings. The van der Waals surface area contributed by atoms with Crippen LogP contribution in [0.2, 0.25) is 0 Å². The molecule has 7 nitrogen and oxygen atoms in total. The van der Waals surface area contributed by atoms with Crippen LogP contribution in [0.4, 0.5) is 5.82 Å². The van der Waals surface area contributed by atoms with E-state index in [4.69, 9.17) is 4.74 Å². The number of aromatic nitrogens is 2. The second kappa shape index (κ2) is 7.84. The van der Waals surface area contributed by atoms with Gasteiger partial charge in [-0.25, -0.2) is 14.8 Å². The molecule has 0 bridgehead atoms. The maximum Gasteiger partial charge on any atom is 0.357 e. The number of amides is 1. The lowest BCUT2D eigenvalue weighted by Gasteiger charge is -2.19. The number of anilines is 1. The molecule has 2 N–H and O–H groups in total. The zero-order chi connectivity index (χ0) is 19.4. The van der Waals surface area contributed by atoms with Gasteiger partial charge >= 0.3 is 5.97 Å². The Balaban J connectivity index is 1.64. The van der Waals surface area contributed by atoms with Crippen LogP contribution >= 0.6 is 0 Å². The van der Waals surface area contributed by atoms with Gasteiger partial charge in [0, 0.05) is 23.5 Å². The number of ether oxygens (including phenoxy) is 1. The zero-order valence-corrected chi connectivity index (χ0v) is 15.8. The second-order valence-electron chi connectivity index (χ2n) is 7.50. The third kappa shape index (κ3) is 5.10. The van der Waals surface area contributed by atoms with E-state index in [1.807, 2.05) is 26.8 Å². The van der Waals surface area contributed by atoms with E-state index in [2.05, 4.69) is 20.6 Å². The average Bonchev–Trinajstić information content (AvgIpc) is 3.16. The minimum Gasteiger partial charge on any atom is -0.455 e. The largest absolute Gasteiger partial charge is 0.455 e. The number of pyridine rings is 2. The SMILES string of the molecule is CC(C)(C)OC(=O)c1ccc(-c2ccc(NC(=O)[C@H]3CCCN3)nc2)cn1. The summed E-state index contributed by atoms with van der Waals surface area (Å²) in [5.74, 6) is -0.00216. The summed E-state index contributed by atoms with van der Waals surface area (Å²) in [7, 11) is 0. The van der Waals surface area contributed by atoms with Crippen molar-refractivity contribution in [2.75, 3.05) is 11.9 Å². The van der Waals surface area contributed by atoms with E-state index in [1.54, 1.807) is 30.6 Å². The number of rotatable bonds is 4. The molecule has 0 spiro atoms. The average molecular weight is 368 g/mol. The molecule has 3 rings (SSSR count). The van der Waals surface area contributed by atoms with Gasteiger partial charge in [-0.15, -0.1) is 0 Å². The lowest BCUT2D eigenvalue weighted by atomic mass is 10.1. The smallest absolute Gasteiger partial charge is 0.357 e. The van der Waals surface area contributed by atoms with Gasteiger partial charge in [-0.05, 0) is 58.4 Å². The van der Waals surface area contributed by atoms with Crippen LogP contribution in [0.5, 0.6) is 0 Å². The highest BCUT2D eigenvalue weighted by molar-refractivity contribution is 5.94. The molecule has 0 aromatic carbocycles. The summed E-state index contributed by atoms with van der Waals surface area (Å²) in [6.45, 7) is 6.31. The summed E-state index contributed by atoms with van der Waals surface area (Å²) in [6.07, 6.45) is 5.13. The van der Waals surface area contributed by atoms with Gasteiger partial charge in [-0.1, -0.05) is 6.07 Å². The Morgan fingerprint density at radius 1 is 1.11 bits per heavy atom. The highest BCUT2D eigenvalue weighted by Crippen LogP contribution is 2.20. The highest BCUT2D eigenvalue weighted by Gasteiger charge is 2.22. The molecule has 1 saturated heterocycles. The molecule has 1 aliphatic heterocycles. The normalized spacial score (nSPS) is 16.8. The number of hydrogen-bond donors (Lipinski definition) is 2. The van der Waals surface area contributed by atoms with Gasteiger partial charge in [0.2, 0.25) is 5.91 Å². The van der Waals surface area contributed by atoms with Crippen molar-refractivity contribution in [2.45, 2.75) is 45.3 Å². The summed E-state index contributed by atoms with van der Waals surface area (Å²) in [5.41, 5.74) is 1.37. The molecular weight excluding hydrogens is 344 g/mol. The molecule has 3 heterocycles. The first-order valence-electron chi connectivity index (χ1n) is 9.02. The molecule has 0 aliphatic carbocycles. The number of carbonyl (C=O) groups is 2. The molecular formula is C20H24N4O3. The topological polar surface area (TPSA) is 93.2 Å². The molecule has 1 fully saturated rings. The van der Waals surface area contributed by atoms with Gasteiger partial charge in [0.1, 0.15) is 17.1 Å². The maximum absolute atomic E-state index is 12.1.